The fourth-order valence-corrected chi connectivity index (χ4v) is 12.4. The van der Waals surface area contributed by atoms with E-state index in [2.05, 4.69) is 79.8 Å². The van der Waals surface area contributed by atoms with Gasteiger partial charge in [-0.3, -0.25) is 52.7 Å². The Balaban J connectivity index is 0.00000152. The molecule has 0 aromatic rings. The summed E-state index contributed by atoms with van der Waals surface area (Å²) in [5.74, 6) is -4.68. The van der Waals surface area contributed by atoms with Crippen molar-refractivity contribution in [1.82, 2.24) is 79.8 Å². The zero-order valence-corrected chi connectivity index (χ0v) is 71.6. The van der Waals surface area contributed by atoms with Crippen molar-refractivity contribution in [2.45, 2.75) is 256 Å². The van der Waals surface area contributed by atoms with Crippen LogP contribution in [-0.4, -0.2) is 197 Å². The first-order chi connectivity index (χ1) is 54.2. The van der Waals surface area contributed by atoms with E-state index in [-0.39, 0.29) is 170 Å². The van der Waals surface area contributed by atoms with Gasteiger partial charge in [0.15, 0.2) is 23.1 Å². The van der Waals surface area contributed by atoms with Crippen LogP contribution in [0.2, 0.25) is 0 Å². The van der Waals surface area contributed by atoms with E-state index >= 15 is 0 Å². The monoisotopic (exact) mass is 1630 g/mol. The van der Waals surface area contributed by atoms with E-state index in [0.717, 1.165) is 44.9 Å². The Labute approximate surface area is 689 Å². The summed E-state index contributed by atoms with van der Waals surface area (Å²) >= 11 is 0. The second-order valence-electron chi connectivity index (χ2n) is 31.6. The van der Waals surface area contributed by atoms with Crippen LogP contribution in [0.4, 0.5) is 19.2 Å². The Morgan fingerprint density at radius 3 is 1.05 bits per heavy atom. The van der Waals surface area contributed by atoms with E-state index in [0.29, 0.717) is 45.3 Å². The predicted molar refractivity (Wildman–Crippen MR) is 448 cm³/mol. The van der Waals surface area contributed by atoms with Crippen molar-refractivity contribution in [3.8, 4) is 0 Å². The lowest BCUT2D eigenvalue weighted by molar-refractivity contribution is -0.138. The second-order valence-corrected chi connectivity index (χ2v) is 31.6. The van der Waals surface area contributed by atoms with Gasteiger partial charge in [0.1, 0.15) is 0 Å². The Morgan fingerprint density at radius 1 is 0.405 bits per heavy atom. The maximum Gasteiger partial charge on any atom is 0.330 e. The molecule has 0 fully saturated rings. The molecule has 116 heavy (non-hydrogen) atoms. The third-order valence-corrected chi connectivity index (χ3v) is 19.9. The van der Waals surface area contributed by atoms with Crippen molar-refractivity contribution in [1.29, 1.82) is 0 Å². The fourth-order valence-electron chi connectivity index (χ4n) is 12.4. The van der Waals surface area contributed by atoms with Gasteiger partial charge in [0.2, 0.25) is 41.4 Å². The minimum Gasteiger partial charge on any atom is -0.462 e. The third kappa shape index (κ3) is 43.3. The standard InChI is InChI=1S/C22H38N4O4.C21H36N4O4.C21H33N3O5.C19H32N4O4.CH4/c1-6-15(4)20(26-22(30)23-5)18(27)13-16-9-7-8-12-24-19(28)11-10-17(14(2)3)25-21(16)29;1-13(2)16-9-10-18(27)23-11-7-6-8-15(20(28)24-16)12-17(26)19(14(3)4)25-21(29)22-5;1-13(2)16-9-10-18(26)29-11-7-6-8-15(20(27)23-16)12-17(25)19(14(3)4)24-21(28)22-5;1-12(2)17(23-19(27)20-4)15(24)11-14-7-5-6-10-21-16(25)9-8-13(3)22-18(14)26;/h10-11,14-17,20H,6-9,12-13H2,1-5H3,(H,24,28)(H,25,29)(H2,23,26,30);9-10,13-16,19H,6-8,11-12H2,1-5H3,(H,23,27)(H,24,28)(H2,22,25,29);6,8-10,13-16,19H,7,11-12H2,1-5H3,(H,23,27)(H2,22,24,28);8-9,12-14,17H,5-7,10-11H2,1-4H3,(H,21,25)(H,22,26)(H2,20,23,27);1H4/b11-10+;10-9+;8-6+,10-9+;9-8+;/t15?,16-,17-,20+;2*15-,16-,19+;13-,14+,17-;/m1110./s1. The zero-order valence-electron chi connectivity index (χ0n) is 71.6. The third-order valence-electron chi connectivity index (χ3n) is 19.9. The fraction of sp³-hybridized carbons (Fsp3) is 0.690. The maximum atomic E-state index is 13.0. The number of Topliss-reactive ketones (excluding diaryl/α,β-unsaturated/α-hetero) is 4. The van der Waals surface area contributed by atoms with Gasteiger partial charge < -0.3 is 84.5 Å². The number of urea groups is 4. The van der Waals surface area contributed by atoms with Crippen molar-refractivity contribution in [2.24, 2.45) is 65.1 Å². The lowest BCUT2D eigenvalue weighted by Crippen LogP contribution is -2.49. The van der Waals surface area contributed by atoms with Crippen LogP contribution in [0.3, 0.4) is 0 Å². The average molecular weight is 1640 g/mol. The average Bonchev–Trinajstić information content (AvgIpc) is 0.876. The Morgan fingerprint density at radius 2 is 0.716 bits per heavy atom. The predicted octanol–water partition coefficient (Wildman–Crippen LogP) is 6.64. The van der Waals surface area contributed by atoms with E-state index in [1.165, 1.54) is 52.5 Å². The molecule has 0 saturated heterocycles. The molecular weight excluding hydrogens is 1490 g/mol. The summed E-state index contributed by atoms with van der Waals surface area (Å²) in [6.45, 7) is 30.3. The summed E-state index contributed by atoms with van der Waals surface area (Å²) in [4.78, 5) is 197. The Bertz CT molecular complexity index is 3330. The molecule has 15 amide bonds. The number of ether oxygens (including phenoxy) is 1. The zero-order chi connectivity index (χ0) is 87.0. The van der Waals surface area contributed by atoms with Gasteiger partial charge in [-0.25, -0.2) is 24.0 Å². The van der Waals surface area contributed by atoms with Gasteiger partial charge in [-0.2, -0.15) is 0 Å². The van der Waals surface area contributed by atoms with Crippen LogP contribution in [0.5, 0.6) is 0 Å². The number of amides is 15. The molecule has 0 bridgehead atoms. The molecule has 13 atom stereocenters. The van der Waals surface area contributed by atoms with Gasteiger partial charge in [0, 0.05) is 140 Å². The first-order valence-electron chi connectivity index (χ1n) is 40.9. The molecule has 4 aliphatic heterocycles. The van der Waals surface area contributed by atoms with Gasteiger partial charge in [0.25, 0.3) is 0 Å². The number of carbonyl (C=O) groups excluding carboxylic acids is 16. The van der Waals surface area contributed by atoms with Crippen LogP contribution >= 0.6 is 0 Å². The van der Waals surface area contributed by atoms with Crippen LogP contribution in [-0.2, 0) is 62.3 Å². The molecule has 4 heterocycles. The summed E-state index contributed by atoms with van der Waals surface area (Å²) in [6.07, 6.45) is 23.0. The largest absolute Gasteiger partial charge is 0.462 e. The number of cyclic esters (lactones) is 1. The number of carbonyl (C=O) groups is 16. The summed E-state index contributed by atoms with van der Waals surface area (Å²) in [5, 5.41) is 40.7. The smallest absolute Gasteiger partial charge is 0.330 e. The molecule has 4 rings (SSSR count). The highest BCUT2D eigenvalue weighted by Gasteiger charge is 2.35. The molecule has 0 spiro atoms. The minimum atomic E-state index is -0.695. The number of hydrogen-bond donors (Lipinski definition) is 15. The molecule has 656 valence electrons. The van der Waals surface area contributed by atoms with Gasteiger partial charge in [-0.05, 0) is 93.3 Å². The van der Waals surface area contributed by atoms with E-state index in [1.54, 1.807) is 43.4 Å². The highest BCUT2D eigenvalue weighted by molar-refractivity contribution is 5.96. The minimum absolute atomic E-state index is 0. The highest BCUT2D eigenvalue weighted by Crippen LogP contribution is 2.24. The van der Waals surface area contributed by atoms with Crippen molar-refractivity contribution in [3.05, 3.63) is 60.8 Å². The van der Waals surface area contributed by atoms with Crippen LogP contribution in [0.1, 0.15) is 208 Å². The number of nitrogens with one attached hydrogen (secondary N) is 15. The molecule has 0 aromatic heterocycles. The molecule has 0 saturated carbocycles. The molecule has 4 aliphatic rings. The van der Waals surface area contributed by atoms with Crippen LogP contribution in [0, 0.1) is 65.1 Å². The number of ketones is 4. The number of hydrogen-bond acceptors (Lipinski definition) is 17. The summed E-state index contributed by atoms with van der Waals surface area (Å²) < 4.78 is 5.10. The molecule has 0 aliphatic carbocycles. The van der Waals surface area contributed by atoms with E-state index in [4.69, 9.17) is 4.74 Å². The van der Waals surface area contributed by atoms with Crippen molar-refractivity contribution in [2.75, 3.05) is 54.4 Å². The molecule has 0 radical (unpaired) electrons. The molecule has 1 unspecified atom stereocenters. The Kier molecular flexibility index (Phi) is 53.2. The molecular formula is C84H143N15O17. The lowest BCUT2D eigenvalue weighted by atomic mass is 9.87. The lowest BCUT2D eigenvalue weighted by Gasteiger charge is -2.27. The normalized spacial score (nSPS) is 23.5. The molecule has 15 N–H and O–H groups in total. The SMILES string of the molecule is C.CCC(C)[C@H](NC(=O)NC)C(=O)C[C@H]1CCCCNC(=O)/C=C/[C@H](C(C)C)NC1=O.CNC(=O)N[C@H](C(=O)C[C@H]1/C=C/CCOC(=O)/C=C/[C@H](C(C)C)NC1=O)C(C)C.CNC(=O)N[C@H](C(=O)C[C@H]1CCCCNC(=O)/C=C/[C@H](C(C)C)NC1=O)C(C)C.CNC(=O)N[C@H](C(=O)C[C@H]1CCCCNC(=O)/C=C/[C@H](C)NC1=O)C(C)C. The van der Waals surface area contributed by atoms with Crippen molar-refractivity contribution < 1.29 is 81.4 Å². The summed E-state index contributed by atoms with van der Waals surface area (Å²) in [6, 6.07) is -5.58. The molecule has 32 nitrogen and oxygen atoms in total. The van der Waals surface area contributed by atoms with Crippen LogP contribution in [0.25, 0.3) is 0 Å². The van der Waals surface area contributed by atoms with Crippen molar-refractivity contribution >= 4 is 94.6 Å². The Hall–Kier alpha value is -9.78. The first kappa shape index (κ1) is 106. The van der Waals surface area contributed by atoms with E-state index in [9.17, 15) is 76.7 Å². The van der Waals surface area contributed by atoms with Gasteiger partial charge in [0.05, 0.1) is 36.7 Å². The van der Waals surface area contributed by atoms with Crippen molar-refractivity contribution in [3.63, 3.8) is 0 Å². The summed E-state index contributed by atoms with van der Waals surface area (Å²) in [5.41, 5.74) is 0. The van der Waals surface area contributed by atoms with E-state index < -0.39 is 77.9 Å². The topological polar surface area (TPSA) is 463 Å². The highest BCUT2D eigenvalue weighted by atomic mass is 16.5. The van der Waals surface area contributed by atoms with Gasteiger partial charge in [-0.1, -0.05) is 166 Å². The van der Waals surface area contributed by atoms with Crippen LogP contribution < -0.4 is 79.8 Å². The quantitative estimate of drug-likeness (QED) is 0.0355. The van der Waals surface area contributed by atoms with E-state index in [1.807, 2.05) is 96.9 Å². The maximum absolute atomic E-state index is 13.0. The van der Waals surface area contributed by atoms with Crippen LogP contribution in [0.15, 0.2) is 60.8 Å². The summed E-state index contributed by atoms with van der Waals surface area (Å²) in [7, 11) is 5.97. The second kappa shape index (κ2) is 58.1. The first-order valence-corrected chi connectivity index (χ1v) is 40.9. The molecule has 0 aromatic carbocycles. The number of rotatable bonds is 24. The van der Waals surface area contributed by atoms with Gasteiger partial charge >= 0.3 is 30.1 Å². The molecule has 32 heteroatoms. The number of esters is 1. The van der Waals surface area contributed by atoms with Gasteiger partial charge in [-0.15, -0.1) is 0 Å².